The third kappa shape index (κ3) is 2.59. The van der Waals surface area contributed by atoms with Crippen LogP contribution in [0.4, 0.5) is 0 Å². The fourth-order valence-corrected chi connectivity index (χ4v) is 3.45. The molecule has 1 heterocycles. The second-order valence-electron chi connectivity index (χ2n) is 7.34. The van der Waals surface area contributed by atoms with Crippen LogP contribution in [0.5, 0.6) is 0 Å². The lowest BCUT2D eigenvalue weighted by Gasteiger charge is -2.27. The van der Waals surface area contributed by atoms with Crippen molar-refractivity contribution in [1.29, 1.82) is 0 Å². The molecule has 1 saturated carbocycles. The van der Waals surface area contributed by atoms with Crippen molar-refractivity contribution in [2.75, 3.05) is 13.1 Å². The lowest BCUT2D eigenvalue weighted by molar-refractivity contribution is -0.133. The maximum atomic E-state index is 12.9. The first kappa shape index (κ1) is 14.6. The van der Waals surface area contributed by atoms with E-state index in [1.54, 1.807) is 0 Å². The summed E-state index contributed by atoms with van der Waals surface area (Å²) in [5.74, 6) is 0.452. The van der Waals surface area contributed by atoms with Crippen LogP contribution < -0.4 is 0 Å². The van der Waals surface area contributed by atoms with Gasteiger partial charge in [0.2, 0.25) is 5.91 Å². The highest BCUT2D eigenvalue weighted by Crippen LogP contribution is 2.50. The zero-order valence-electron chi connectivity index (χ0n) is 13.2. The lowest BCUT2D eigenvalue weighted by atomic mass is 9.90. The standard InChI is InChI=1S/C18H25NO2/c1-13-4-6-14(7-5-13)18(9-10-18)16(20)19-11-8-15(12-19)17(2,3)21/h4-7,15,21H,8-12H2,1-3H3. The number of nitrogens with zero attached hydrogens (tertiary/aromatic N) is 1. The number of hydrogen-bond donors (Lipinski definition) is 1. The van der Waals surface area contributed by atoms with Crippen LogP contribution in [-0.2, 0) is 10.2 Å². The third-order valence-corrected chi connectivity index (χ3v) is 5.24. The molecule has 1 N–H and O–H groups in total. The Bertz CT molecular complexity index is 537. The van der Waals surface area contributed by atoms with Crippen LogP contribution in [0.15, 0.2) is 24.3 Å². The van der Waals surface area contributed by atoms with Crippen molar-refractivity contribution in [2.24, 2.45) is 5.92 Å². The monoisotopic (exact) mass is 287 g/mol. The topological polar surface area (TPSA) is 40.5 Å². The summed E-state index contributed by atoms with van der Waals surface area (Å²) in [6.07, 6.45) is 2.82. The van der Waals surface area contributed by atoms with Crippen LogP contribution in [0.25, 0.3) is 0 Å². The molecule has 1 amide bonds. The lowest BCUT2D eigenvalue weighted by Crippen LogP contribution is -2.40. The maximum Gasteiger partial charge on any atom is 0.233 e. The van der Waals surface area contributed by atoms with Crippen molar-refractivity contribution >= 4 is 5.91 Å². The van der Waals surface area contributed by atoms with E-state index < -0.39 is 5.60 Å². The summed E-state index contributed by atoms with van der Waals surface area (Å²) in [6, 6.07) is 8.38. The number of aliphatic hydroxyl groups is 1. The Morgan fingerprint density at radius 2 is 1.90 bits per heavy atom. The highest BCUT2D eigenvalue weighted by Gasteiger charge is 2.54. The highest BCUT2D eigenvalue weighted by atomic mass is 16.3. The minimum Gasteiger partial charge on any atom is -0.390 e. The maximum absolute atomic E-state index is 12.9. The Morgan fingerprint density at radius 3 is 2.38 bits per heavy atom. The molecule has 3 nitrogen and oxygen atoms in total. The summed E-state index contributed by atoms with van der Waals surface area (Å²) in [7, 11) is 0. The number of benzene rings is 1. The predicted octanol–water partition coefficient (Wildman–Crippen LogP) is 2.65. The van der Waals surface area contributed by atoms with Crippen molar-refractivity contribution in [1.82, 2.24) is 4.90 Å². The van der Waals surface area contributed by atoms with Gasteiger partial charge in [0.1, 0.15) is 0 Å². The van der Waals surface area contributed by atoms with Gasteiger partial charge in [-0.1, -0.05) is 29.8 Å². The van der Waals surface area contributed by atoms with Gasteiger partial charge in [0.05, 0.1) is 11.0 Å². The van der Waals surface area contributed by atoms with Crippen molar-refractivity contribution in [3.63, 3.8) is 0 Å². The van der Waals surface area contributed by atoms with E-state index in [1.807, 2.05) is 18.7 Å². The molecule has 1 aliphatic carbocycles. The van der Waals surface area contributed by atoms with Crippen LogP contribution in [0, 0.1) is 12.8 Å². The number of aryl methyl sites for hydroxylation is 1. The van der Waals surface area contributed by atoms with E-state index in [1.165, 1.54) is 5.56 Å². The van der Waals surface area contributed by atoms with E-state index in [0.717, 1.165) is 31.4 Å². The molecular formula is C18H25NO2. The van der Waals surface area contributed by atoms with Crippen LogP contribution in [0.2, 0.25) is 0 Å². The second-order valence-corrected chi connectivity index (χ2v) is 7.34. The average Bonchev–Trinajstić information content (AvgIpc) is 3.06. The quantitative estimate of drug-likeness (QED) is 0.928. The fraction of sp³-hybridized carbons (Fsp3) is 0.611. The fourth-order valence-electron chi connectivity index (χ4n) is 3.45. The smallest absolute Gasteiger partial charge is 0.233 e. The molecule has 0 aromatic heterocycles. The number of amides is 1. The zero-order chi connectivity index (χ0) is 15.3. The Hall–Kier alpha value is -1.35. The van der Waals surface area contributed by atoms with Crippen molar-refractivity contribution in [3.05, 3.63) is 35.4 Å². The van der Waals surface area contributed by atoms with Gasteiger partial charge in [0.25, 0.3) is 0 Å². The first-order chi connectivity index (χ1) is 9.83. The molecule has 0 spiro atoms. The van der Waals surface area contributed by atoms with Gasteiger partial charge in [-0.05, 0) is 45.6 Å². The minimum atomic E-state index is -0.699. The normalized spacial score (nSPS) is 24.2. The minimum absolute atomic E-state index is 0.190. The molecule has 1 unspecified atom stereocenters. The van der Waals surface area contributed by atoms with Gasteiger partial charge in [-0.15, -0.1) is 0 Å². The van der Waals surface area contributed by atoms with E-state index >= 15 is 0 Å². The Kier molecular flexibility index (Phi) is 3.36. The second kappa shape index (κ2) is 4.84. The number of hydrogen-bond acceptors (Lipinski definition) is 2. The van der Waals surface area contributed by atoms with E-state index in [2.05, 4.69) is 31.2 Å². The molecule has 0 radical (unpaired) electrons. The van der Waals surface area contributed by atoms with Crippen LogP contribution >= 0.6 is 0 Å². The van der Waals surface area contributed by atoms with Gasteiger partial charge < -0.3 is 10.0 Å². The van der Waals surface area contributed by atoms with Gasteiger partial charge in [-0.25, -0.2) is 0 Å². The molecule has 0 bridgehead atoms. The highest BCUT2D eigenvalue weighted by molar-refractivity contribution is 5.91. The number of likely N-dealkylation sites (tertiary alicyclic amines) is 1. The summed E-state index contributed by atoms with van der Waals surface area (Å²) in [6.45, 7) is 7.23. The molecule has 114 valence electrons. The van der Waals surface area contributed by atoms with Gasteiger partial charge in [0.15, 0.2) is 0 Å². The molecule has 3 heteroatoms. The molecule has 1 aromatic rings. The first-order valence-corrected chi connectivity index (χ1v) is 7.92. The van der Waals surface area contributed by atoms with Gasteiger partial charge in [-0.2, -0.15) is 0 Å². The summed E-state index contributed by atoms with van der Waals surface area (Å²) >= 11 is 0. The number of carbonyl (C=O) groups is 1. The Balaban J connectivity index is 1.75. The largest absolute Gasteiger partial charge is 0.390 e. The summed E-state index contributed by atoms with van der Waals surface area (Å²) < 4.78 is 0. The first-order valence-electron chi connectivity index (χ1n) is 7.92. The van der Waals surface area contributed by atoms with Gasteiger partial charge in [-0.3, -0.25) is 4.79 Å². The van der Waals surface area contributed by atoms with E-state index in [0.29, 0.717) is 6.54 Å². The zero-order valence-corrected chi connectivity index (χ0v) is 13.2. The third-order valence-electron chi connectivity index (χ3n) is 5.24. The van der Waals surface area contributed by atoms with Crippen molar-refractivity contribution in [3.8, 4) is 0 Å². The predicted molar refractivity (Wildman–Crippen MR) is 83.1 cm³/mol. The van der Waals surface area contributed by atoms with Crippen LogP contribution in [-0.4, -0.2) is 34.6 Å². The van der Waals surface area contributed by atoms with E-state index in [-0.39, 0.29) is 17.2 Å². The Morgan fingerprint density at radius 1 is 1.29 bits per heavy atom. The average molecular weight is 287 g/mol. The molecule has 1 aliphatic heterocycles. The molecule has 21 heavy (non-hydrogen) atoms. The molecule has 2 fully saturated rings. The van der Waals surface area contributed by atoms with Crippen molar-refractivity contribution < 1.29 is 9.90 Å². The molecular weight excluding hydrogens is 262 g/mol. The molecule has 3 rings (SSSR count). The number of carbonyl (C=O) groups excluding carboxylic acids is 1. The van der Waals surface area contributed by atoms with Gasteiger partial charge >= 0.3 is 0 Å². The summed E-state index contributed by atoms with van der Waals surface area (Å²) in [4.78, 5) is 14.9. The summed E-state index contributed by atoms with van der Waals surface area (Å²) in [5.41, 5.74) is 1.41. The van der Waals surface area contributed by atoms with Crippen LogP contribution in [0.3, 0.4) is 0 Å². The molecule has 1 aromatic carbocycles. The number of rotatable bonds is 3. The SMILES string of the molecule is Cc1ccc(C2(C(=O)N3CCC(C(C)(C)O)C3)CC2)cc1. The molecule has 1 atom stereocenters. The molecule has 2 aliphatic rings. The van der Waals surface area contributed by atoms with E-state index in [9.17, 15) is 9.90 Å². The van der Waals surface area contributed by atoms with E-state index in [4.69, 9.17) is 0 Å². The van der Waals surface area contributed by atoms with Crippen molar-refractivity contribution in [2.45, 2.75) is 51.0 Å². The van der Waals surface area contributed by atoms with Gasteiger partial charge in [0, 0.05) is 19.0 Å². The summed E-state index contributed by atoms with van der Waals surface area (Å²) in [5, 5.41) is 10.1. The molecule has 1 saturated heterocycles. The Labute approximate surface area is 127 Å². The van der Waals surface area contributed by atoms with Crippen LogP contribution in [0.1, 0.15) is 44.2 Å².